The summed E-state index contributed by atoms with van der Waals surface area (Å²) in [4.78, 5) is 12.0. The first-order chi connectivity index (χ1) is 9.52. The van der Waals surface area contributed by atoms with Gasteiger partial charge in [0.1, 0.15) is 5.82 Å². The summed E-state index contributed by atoms with van der Waals surface area (Å²) in [7, 11) is 1.42. The lowest BCUT2D eigenvalue weighted by Gasteiger charge is -2.09. The maximum absolute atomic E-state index is 13.6. The van der Waals surface area contributed by atoms with Crippen molar-refractivity contribution < 1.29 is 19.0 Å². The SMILES string of the molecule is COc1ccc(NC(=O)c2c(F)cccc2Br)cc1O. The maximum Gasteiger partial charge on any atom is 0.259 e. The Balaban J connectivity index is 2.26. The quantitative estimate of drug-likeness (QED) is 0.898. The standard InChI is InChI=1S/C14H11BrFNO3/c1-20-12-6-5-8(7-11(12)18)17-14(19)13-9(15)3-2-4-10(13)16/h2-7,18H,1H3,(H,17,19). The molecule has 0 aliphatic heterocycles. The molecule has 0 saturated carbocycles. The summed E-state index contributed by atoms with van der Waals surface area (Å²) >= 11 is 3.13. The van der Waals surface area contributed by atoms with Gasteiger partial charge >= 0.3 is 0 Å². The van der Waals surface area contributed by atoms with Gasteiger partial charge in [-0.25, -0.2) is 4.39 Å². The van der Waals surface area contributed by atoms with Gasteiger partial charge in [-0.3, -0.25) is 4.79 Å². The molecule has 0 aliphatic carbocycles. The van der Waals surface area contributed by atoms with E-state index < -0.39 is 11.7 Å². The summed E-state index contributed by atoms with van der Waals surface area (Å²) in [6.45, 7) is 0. The van der Waals surface area contributed by atoms with Gasteiger partial charge in [-0.2, -0.15) is 0 Å². The highest BCUT2D eigenvalue weighted by Gasteiger charge is 2.16. The van der Waals surface area contributed by atoms with Crippen molar-refractivity contribution >= 4 is 27.5 Å². The first-order valence-electron chi connectivity index (χ1n) is 5.65. The number of anilines is 1. The average molecular weight is 340 g/mol. The lowest BCUT2D eigenvalue weighted by atomic mass is 10.2. The van der Waals surface area contributed by atoms with Crippen molar-refractivity contribution in [2.75, 3.05) is 12.4 Å². The molecule has 0 radical (unpaired) electrons. The van der Waals surface area contributed by atoms with Crippen LogP contribution in [-0.4, -0.2) is 18.1 Å². The highest BCUT2D eigenvalue weighted by atomic mass is 79.9. The lowest BCUT2D eigenvalue weighted by Crippen LogP contribution is -2.14. The fraction of sp³-hybridized carbons (Fsp3) is 0.0714. The second-order valence-corrected chi connectivity index (χ2v) is 4.79. The van der Waals surface area contributed by atoms with Crippen LogP contribution in [0.3, 0.4) is 0 Å². The smallest absolute Gasteiger partial charge is 0.259 e. The Morgan fingerprint density at radius 3 is 2.70 bits per heavy atom. The van der Waals surface area contributed by atoms with E-state index in [2.05, 4.69) is 21.2 Å². The van der Waals surface area contributed by atoms with Crippen LogP contribution in [0.1, 0.15) is 10.4 Å². The summed E-state index contributed by atoms with van der Waals surface area (Å²) in [5.41, 5.74) is 0.242. The fourth-order valence-corrected chi connectivity index (χ4v) is 2.20. The molecule has 0 unspecified atom stereocenters. The van der Waals surface area contributed by atoms with Crippen molar-refractivity contribution in [3.63, 3.8) is 0 Å². The second-order valence-electron chi connectivity index (χ2n) is 3.94. The van der Waals surface area contributed by atoms with Crippen LogP contribution in [0.5, 0.6) is 11.5 Å². The van der Waals surface area contributed by atoms with Crippen LogP contribution in [0.15, 0.2) is 40.9 Å². The minimum Gasteiger partial charge on any atom is -0.504 e. The van der Waals surface area contributed by atoms with Gasteiger partial charge in [-0.1, -0.05) is 6.07 Å². The number of hydrogen-bond donors (Lipinski definition) is 2. The van der Waals surface area contributed by atoms with Gasteiger partial charge in [0.15, 0.2) is 11.5 Å². The highest BCUT2D eigenvalue weighted by Crippen LogP contribution is 2.29. The van der Waals surface area contributed by atoms with E-state index in [1.165, 1.54) is 31.4 Å². The Labute approximate surface area is 123 Å². The monoisotopic (exact) mass is 339 g/mol. The van der Waals surface area contributed by atoms with Crippen molar-refractivity contribution in [3.05, 3.63) is 52.3 Å². The normalized spacial score (nSPS) is 10.2. The van der Waals surface area contributed by atoms with Gasteiger partial charge in [-0.15, -0.1) is 0 Å². The van der Waals surface area contributed by atoms with Gasteiger partial charge in [0.05, 0.1) is 12.7 Å². The molecule has 0 spiro atoms. The third-order valence-corrected chi connectivity index (χ3v) is 3.29. The molecule has 2 aromatic carbocycles. The number of phenolic OH excluding ortho intramolecular Hbond substituents is 1. The summed E-state index contributed by atoms with van der Waals surface area (Å²) in [5, 5.41) is 12.1. The van der Waals surface area contributed by atoms with Gasteiger partial charge in [0.25, 0.3) is 5.91 Å². The molecular formula is C14H11BrFNO3. The van der Waals surface area contributed by atoms with E-state index in [0.29, 0.717) is 10.2 Å². The number of nitrogens with one attached hydrogen (secondary N) is 1. The molecule has 104 valence electrons. The van der Waals surface area contributed by atoms with Gasteiger partial charge in [-0.05, 0) is 40.2 Å². The Hall–Kier alpha value is -2.08. The fourth-order valence-electron chi connectivity index (χ4n) is 1.68. The first kappa shape index (κ1) is 14.3. The zero-order valence-electron chi connectivity index (χ0n) is 10.5. The molecule has 0 bridgehead atoms. The molecule has 4 nitrogen and oxygen atoms in total. The minimum atomic E-state index is -0.630. The number of methoxy groups -OCH3 is 1. The predicted octanol–water partition coefficient (Wildman–Crippen LogP) is 3.55. The van der Waals surface area contributed by atoms with E-state index in [-0.39, 0.29) is 17.1 Å². The topological polar surface area (TPSA) is 58.6 Å². The zero-order valence-corrected chi connectivity index (χ0v) is 12.1. The van der Waals surface area contributed by atoms with Crippen molar-refractivity contribution in [1.82, 2.24) is 0 Å². The van der Waals surface area contributed by atoms with Crippen LogP contribution in [-0.2, 0) is 0 Å². The average Bonchev–Trinajstić information content (AvgIpc) is 2.38. The van der Waals surface area contributed by atoms with E-state index in [4.69, 9.17) is 4.74 Å². The molecule has 2 aromatic rings. The third-order valence-electron chi connectivity index (χ3n) is 2.63. The van der Waals surface area contributed by atoms with Crippen LogP contribution >= 0.6 is 15.9 Å². The van der Waals surface area contributed by atoms with Crippen LogP contribution in [0, 0.1) is 5.82 Å². The number of aromatic hydroxyl groups is 1. The molecule has 20 heavy (non-hydrogen) atoms. The molecule has 0 fully saturated rings. The lowest BCUT2D eigenvalue weighted by molar-refractivity contribution is 0.102. The van der Waals surface area contributed by atoms with E-state index in [1.54, 1.807) is 12.1 Å². The largest absolute Gasteiger partial charge is 0.504 e. The molecular weight excluding hydrogens is 329 g/mol. The molecule has 2 rings (SSSR count). The van der Waals surface area contributed by atoms with Crippen LogP contribution < -0.4 is 10.1 Å². The van der Waals surface area contributed by atoms with Gasteiger partial charge < -0.3 is 15.2 Å². The molecule has 0 heterocycles. The van der Waals surface area contributed by atoms with Crippen molar-refractivity contribution in [2.24, 2.45) is 0 Å². The number of halogens is 2. The van der Waals surface area contributed by atoms with Gasteiger partial charge in [0.2, 0.25) is 0 Å². The number of amides is 1. The van der Waals surface area contributed by atoms with E-state index in [9.17, 15) is 14.3 Å². The third kappa shape index (κ3) is 2.91. The van der Waals surface area contributed by atoms with Crippen molar-refractivity contribution in [2.45, 2.75) is 0 Å². The molecule has 0 atom stereocenters. The van der Waals surface area contributed by atoms with E-state index in [1.807, 2.05) is 0 Å². The number of rotatable bonds is 3. The Morgan fingerprint density at radius 2 is 2.10 bits per heavy atom. The number of hydrogen-bond acceptors (Lipinski definition) is 3. The highest BCUT2D eigenvalue weighted by molar-refractivity contribution is 9.10. The number of carbonyl (C=O) groups excluding carboxylic acids is 1. The summed E-state index contributed by atoms with van der Waals surface area (Å²) in [6, 6.07) is 8.64. The van der Waals surface area contributed by atoms with Gasteiger partial charge in [0, 0.05) is 16.2 Å². The number of phenols is 1. The summed E-state index contributed by atoms with van der Waals surface area (Å²) in [6.07, 6.45) is 0. The minimum absolute atomic E-state index is 0.0946. The molecule has 0 aliphatic rings. The number of carbonyl (C=O) groups is 1. The Kier molecular flexibility index (Phi) is 4.24. The zero-order chi connectivity index (χ0) is 14.7. The second kappa shape index (κ2) is 5.92. The number of benzene rings is 2. The van der Waals surface area contributed by atoms with Crippen LogP contribution in [0.25, 0.3) is 0 Å². The van der Waals surface area contributed by atoms with Crippen LogP contribution in [0.2, 0.25) is 0 Å². The molecule has 0 saturated heterocycles. The molecule has 0 aromatic heterocycles. The maximum atomic E-state index is 13.6. The summed E-state index contributed by atoms with van der Waals surface area (Å²) in [5.74, 6) is -1.07. The number of ether oxygens (including phenoxy) is 1. The van der Waals surface area contributed by atoms with Crippen molar-refractivity contribution in [1.29, 1.82) is 0 Å². The summed E-state index contributed by atoms with van der Waals surface area (Å²) < 4.78 is 18.9. The van der Waals surface area contributed by atoms with E-state index in [0.717, 1.165) is 0 Å². The Bertz CT molecular complexity index is 641. The van der Waals surface area contributed by atoms with Crippen molar-refractivity contribution in [3.8, 4) is 11.5 Å². The Morgan fingerprint density at radius 1 is 1.35 bits per heavy atom. The molecule has 2 N–H and O–H groups in total. The van der Waals surface area contributed by atoms with Crippen LogP contribution in [0.4, 0.5) is 10.1 Å². The molecule has 6 heteroatoms. The van der Waals surface area contributed by atoms with E-state index >= 15 is 0 Å². The first-order valence-corrected chi connectivity index (χ1v) is 6.44. The molecule has 1 amide bonds. The predicted molar refractivity (Wildman–Crippen MR) is 76.7 cm³/mol.